The molecule has 4 rings (SSSR count). The van der Waals surface area contributed by atoms with Crippen molar-refractivity contribution >= 4 is 16.9 Å². The minimum atomic E-state index is -0.610. The van der Waals surface area contributed by atoms with Gasteiger partial charge in [-0.15, -0.1) is 0 Å². The predicted octanol–water partition coefficient (Wildman–Crippen LogP) is 3.12. The zero-order valence-electron chi connectivity index (χ0n) is 13.6. The fraction of sp³-hybridized carbons (Fsp3) is 0.158. The first-order chi connectivity index (χ1) is 12.0. The van der Waals surface area contributed by atoms with Crippen LogP contribution in [0.25, 0.3) is 11.0 Å². The monoisotopic (exact) mass is 339 g/mol. The highest BCUT2D eigenvalue weighted by Crippen LogP contribution is 2.37. The number of hydrogen-bond acceptors (Lipinski definition) is 4. The Morgan fingerprint density at radius 2 is 1.96 bits per heavy atom. The third-order valence-electron chi connectivity index (χ3n) is 4.47. The van der Waals surface area contributed by atoms with Crippen LogP contribution in [0.1, 0.15) is 27.7 Å². The molecule has 1 atom stereocenters. The van der Waals surface area contributed by atoms with Crippen molar-refractivity contribution in [3.05, 3.63) is 75.4 Å². The number of rotatable bonds is 2. The van der Waals surface area contributed by atoms with Crippen molar-refractivity contribution in [1.82, 2.24) is 4.90 Å². The molecule has 0 bridgehead atoms. The Morgan fingerprint density at radius 1 is 1.16 bits per heavy atom. The van der Waals surface area contributed by atoms with Gasteiger partial charge in [-0.1, -0.05) is 12.1 Å². The molecule has 1 aromatic heterocycles. The van der Waals surface area contributed by atoms with E-state index in [2.05, 4.69) is 0 Å². The lowest BCUT2D eigenvalue weighted by atomic mass is 9.98. The Morgan fingerprint density at radius 3 is 2.72 bits per heavy atom. The van der Waals surface area contributed by atoms with Crippen molar-refractivity contribution in [3.63, 3.8) is 0 Å². The highest BCUT2D eigenvalue weighted by molar-refractivity contribution is 5.98. The Labute approximate surface area is 142 Å². The van der Waals surface area contributed by atoms with Crippen LogP contribution in [0, 0.1) is 5.82 Å². The number of methoxy groups -OCH3 is 1. The van der Waals surface area contributed by atoms with E-state index in [-0.39, 0.29) is 28.2 Å². The van der Waals surface area contributed by atoms with Crippen molar-refractivity contribution in [1.29, 1.82) is 0 Å². The molecule has 126 valence electrons. The van der Waals surface area contributed by atoms with Crippen molar-refractivity contribution in [2.45, 2.75) is 6.04 Å². The summed E-state index contributed by atoms with van der Waals surface area (Å²) in [5.74, 6) is -0.302. The SMILES string of the molecule is COc1cccc([C@H]2c3c(oc4ccc(F)cc4c3=O)C(=O)N2C)c1. The molecule has 1 aliphatic heterocycles. The van der Waals surface area contributed by atoms with Crippen LogP contribution in [-0.2, 0) is 0 Å². The predicted molar refractivity (Wildman–Crippen MR) is 89.4 cm³/mol. The summed E-state index contributed by atoms with van der Waals surface area (Å²) in [6.45, 7) is 0. The summed E-state index contributed by atoms with van der Waals surface area (Å²) in [6, 6.07) is 10.2. The Hall–Kier alpha value is -3.15. The number of nitrogens with zero attached hydrogens (tertiary/aromatic N) is 1. The van der Waals surface area contributed by atoms with E-state index in [1.807, 2.05) is 0 Å². The molecule has 25 heavy (non-hydrogen) atoms. The summed E-state index contributed by atoms with van der Waals surface area (Å²) in [7, 11) is 3.15. The van der Waals surface area contributed by atoms with E-state index < -0.39 is 17.3 Å². The number of ether oxygens (including phenoxy) is 1. The van der Waals surface area contributed by atoms with Gasteiger partial charge in [0.05, 0.1) is 24.1 Å². The van der Waals surface area contributed by atoms with Crippen LogP contribution in [0.3, 0.4) is 0 Å². The van der Waals surface area contributed by atoms with Crippen molar-refractivity contribution < 1.29 is 18.3 Å². The standard InChI is InChI=1S/C19H14FNO4/c1-21-16(10-4-3-5-12(8-10)24-2)15-17(22)13-9-11(20)6-7-14(13)25-18(15)19(21)23/h3-9,16H,1-2H3/t16-/m0/s1. The van der Waals surface area contributed by atoms with Crippen LogP contribution in [0.15, 0.2) is 51.7 Å². The molecule has 0 N–H and O–H groups in total. The third-order valence-corrected chi connectivity index (χ3v) is 4.47. The van der Waals surface area contributed by atoms with Gasteiger partial charge in [-0.25, -0.2) is 4.39 Å². The quantitative estimate of drug-likeness (QED) is 0.720. The summed E-state index contributed by atoms with van der Waals surface area (Å²) in [5, 5.41) is 0.120. The molecule has 1 aliphatic rings. The summed E-state index contributed by atoms with van der Waals surface area (Å²) in [4.78, 5) is 27.0. The number of amides is 1. The largest absolute Gasteiger partial charge is 0.497 e. The molecule has 0 unspecified atom stereocenters. The van der Waals surface area contributed by atoms with Crippen molar-refractivity contribution in [3.8, 4) is 5.75 Å². The Bertz CT molecular complexity index is 1070. The van der Waals surface area contributed by atoms with Gasteiger partial charge in [0.25, 0.3) is 5.91 Å². The van der Waals surface area contributed by atoms with Gasteiger partial charge < -0.3 is 14.1 Å². The van der Waals surface area contributed by atoms with E-state index in [1.165, 1.54) is 17.0 Å². The molecule has 6 heteroatoms. The van der Waals surface area contributed by atoms with Gasteiger partial charge in [-0.2, -0.15) is 0 Å². The van der Waals surface area contributed by atoms with E-state index in [0.29, 0.717) is 5.75 Å². The lowest BCUT2D eigenvalue weighted by Crippen LogP contribution is -2.25. The number of fused-ring (bicyclic) bond motifs is 2. The molecular weight excluding hydrogens is 325 g/mol. The zero-order valence-corrected chi connectivity index (χ0v) is 13.6. The number of halogens is 1. The smallest absolute Gasteiger partial charge is 0.290 e. The van der Waals surface area contributed by atoms with Gasteiger partial charge in [-0.05, 0) is 35.9 Å². The molecule has 0 spiro atoms. The van der Waals surface area contributed by atoms with Gasteiger partial charge in [0.15, 0.2) is 5.43 Å². The molecule has 2 aromatic carbocycles. The summed E-state index contributed by atoms with van der Waals surface area (Å²) >= 11 is 0. The minimum absolute atomic E-state index is 0.000530. The number of carbonyl (C=O) groups is 1. The second kappa shape index (κ2) is 5.44. The maximum atomic E-state index is 13.6. The lowest BCUT2D eigenvalue weighted by Gasteiger charge is -2.20. The molecule has 0 aliphatic carbocycles. The molecule has 5 nitrogen and oxygen atoms in total. The number of carbonyl (C=O) groups excluding carboxylic acids is 1. The van der Waals surface area contributed by atoms with Gasteiger partial charge in [-0.3, -0.25) is 9.59 Å². The van der Waals surface area contributed by atoms with E-state index in [9.17, 15) is 14.0 Å². The van der Waals surface area contributed by atoms with E-state index in [0.717, 1.165) is 11.6 Å². The topological polar surface area (TPSA) is 59.8 Å². The van der Waals surface area contributed by atoms with E-state index in [1.54, 1.807) is 38.4 Å². The average molecular weight is 339 g/mol. The first-order valence-corrected chi connectivity index (χ1v) is 7.68. The molecule has 0 saturated carbocycles. The second-order valence-electron chi connectivity index (χ2n) is 5.91. The van der Waals surface area contributed by atoms with Crippen LogP contribution in [0.5, 0.6) is 5.75 Å². The summed E-state index contributed by atoms with van der Waals surface area (Å²) in [6.07, 6.45) is 0. The molecule has 0 saturated heterocycles. The highest BCUT2D eigenvalue weighted by Gasteiger charge is 2.40. The lowest BCUT2D eigenvalue weighted by molar-refractivity contribution is 0.0771. The summed E-state index contributed by atoms with van der Waals surface area (Å²) in [5.41, 5.74) is 0.732. The van der Waals surface area contributed by atoms with Crippen LogP contribution in [0.2, 0.25) is 0 Å². The average Bonchev–Trinajstić information content (AvgIpc) is 2.87. The molecule has 0 radical (unpaired) electrons. The highest BCUT2D eigenvalue weighted by atomic mass is 19.1. The Balaban J connectivity index is 2.01. The second-order valence-corrected chi connectivity index (χ2v) is 5.91. The van der Waals surface area contributed by atoms with Crippen LogP contribution >= 0.6 is 0 Å². The van der Waals surface area contributed by atoms with Crippen molar-refractivity contribution in [2.24, 2.45) is 0 Å². The van der Waals surface area contributed by atoms with E-state index in [4.69, 9.17) is 9.15 Å². The molecule has 2 heterocycles. The fourth-order valence-corrected chi connectivity index (χ4v) is 3.26. The first kappa shape index (κ1) is 15.4. The zero-order chi connectivity index (χ0) is 17.7. The molecule has 0 fully saturated rings. The van der Waals surface area contributed by atoms with Gasteiger partial charge in [0.2, 0.25) is 5.76 Å². The van der Waals surface area contributed by atoms with Crippen molar-refractivity contribution in [2.75, 3.05) is 14.2 Å². The molecular formula is C19H14FNO4. The fourth-order valence-electron chi connectivity index (χ4n) is 3.26. The van der Waals surface area contributed by atoms with Crippen LogP contribution < -0.4 is 10.2 Å². The van der Waals surface area contributed by atoms with Gasteiger partial charge >= 0.3 is 0 Å². The summed E-state index contributed by atoms with van der Waals surface area (Å²) < 4.78 is 24.4. The first-order valence-electron chi connectivity index (χ1n) is 7.68. The van der Waals surface area contributed by atoms with Crippen LogP contribution in [-0.4, -0.2) is 25.0 Å². The van der Waals surface area contributed by atoms with E-state index >= 15 is 0 Å². The maximum Gasteiger partial charge on any atom is 0.290 e. The van der Waals surface area contributed by atoms with Gasteiger partial charge in [0, 0.05) is 7.05 Å². The molecule has 3 aromatic rings. The number of hydrogen-bond donors (Lipinski definition) is 0. The minimum Gasteiger partial charge on any atom is -0.497 e. The maximum absolute atomic E-state index is 13.6. The molecule has 1 amide bonds. The third kappa shape index (κ3) is 2.21. The normalized spacial score (nSPS) is 16.4. The number of benzene rings is 2. The van der Waals surface area contributed by atoms with Gasteiger partial charge in [0.1, 0.15) is 17.1 Å². The Kier molecular flexibility index (Phi) is 3.35. The van der Waals surface area contributed by atoms with Crippen LogP contribution in [0.4, 0.5) is 4.39 Å².